The number of alkyl halides is 3. The summed E-state index contributed by atoms with van der Waals surface area (Å²) < 4.78 is 69.4. The van der Waals surface area contributed by atoms with Crippen LogP contribution in [0.5, 0.6) is 0 Å². The second-order valence-corrected chi connectivity index (χ2v) is 7.73. The van der Waals surface area contributed by atoms with Gasteiger partial charge in [0.25, 0.3) is 5.91 Å². The third-order valence-electron chi connectivity index (χ3n) is 3.75. The van der Waals surface area contributed by atoms with E-state index < -0.39 is 27.5 Å². The monoisotopic (exact) mass is 454 g/mol. The van der Waals surface area contributed by atoms with Gasteiger partial charge in [-0.1, -0.05) is 26.0 Å². The van der Waals surface area contributed by atoms with Gasteiger partial charge in [0.2, 0.25) is 0 Å². The Morgan fingerprint density at radius 1 is 1.10 bits per heavy atom. The number of esters is 1. The van der Waals surface area contributed by atoms with Crippen LogP contribution in [0.4, 0.5) is 18.0 Å². The van der Waals surface area contributed by atoms with E-state index in [0.29, 0.717) is 12.0 Å². The van der Waals surface area contributed by atoms with Crippen LogP contribution in [0.1, 0.15) is 36.2 Å². The van der Waals surface area contributed by atoms with Gasteiger partial charge in [0.15, 0.2) is 0 Å². The largest absolute Gasteiger partial charge is 0.516 e. The van der Waals surface area contributed by atoms with Crippen molar-refractivity contribution in [2.45, 2.75) is 32.4 Å². The summed E-state index contributed by atoms with van der Waals surface area (Å²) in [6.45, 7) is 3.34. The number of hydrogen-bond donors (Lipinski definition) is 2. The van der Waals surface area contributed by atoms with E-state index in [4.69, 9.17) is 9.47 Å². The van der Waals surface area contributed by atoms with Crippen LogP contribution >= 0.6 is 0 Å². The van der Waals surface area contributed by atoms with E-state index in [1.54, 1.807) is 6.92 Å². The molecule has 13 heteroatoms. The number of sulfonamides is 1. The van der Waals surface area contributed by atoms with Gasteiger partial charge in [-0.05, 0) is 24.1 Å². The van der Waals surface area contributed by atoms with Gasteiger partial charge in [0.1, 0.15) is 13.2 Å². The zero-order valence-electron chi connectivity index (χ0n) is 16.1. The fraction of sp³-hybridized carbons (Fsp3) is 0.471. The first-order chi connectivity index (χ1) is 13.9. The summed E-state index contributed by atoms with van der Waals surface area (Å²) in [4.78, 5) is 34.6. The zero-order chi connectivity index (χ0) is 22.9. The van der Waals surface area contributed by atoms with Crippen molar-refractivity contribution in [1.82, 2.24) is 10.0 Å². The van der Waals surface area contributed by atoms with E-state index >= 15 is 0 Å². The Hall–Kier alpha value is -2.83. The van der Waals surface area contributed by atoms with Gasteiger partial charge in [-0.2, -0.15) is 21.6 Å². The number of carbonyl (C=O) groups excluding carboxylic acids is 3. The molecule has 1 atom stereocenters. The highest BCUT2D eigenvalue weighted by atomic mass is 32.2. The number of nitrogens with one attached hydrogen (secondary N) is 2. The molecule has 1 unspecified atom stereocenters. The minimum atomic E-state index is -5.81. The standard InChI is InChI=1S/C17H21F3N2O7S/c1-3-11(2)15(24)28-9-8-21-16(25)29-10-12-4-6-13(7-5-12)14(23)22-30(26,27)17(18,19)20/h4-7,11H,3,8-10H2,1-2H3,(H,21,25)(H,22,23). The van der Waals surface area contributed by atoms with Crippen molar-refractivity contribution in [2.24, 2.45) is 5.92 Å². The number of rotatable bonds is 9. The van der Waals surface area contributed by atoms with Crippen LogP contribution in [-0.2, 0) is 30.9 Å². The fourth-order valence-electron chi connectivity index (χ4n) is 1.80. The number of amides is 2. The van der Waals surface area contributed by atoms with Crippen molar-refractivity contribution in [3.8, 4) is 0 Å². The molecule has 0 heterocycles. The number of alkyl carbamates (subject to hydrolysis) is 1. The lowest BCUT2D eigenvalue weighted by Gasteiger charge is -2.11. The maximum Gasteiger partial charge on any atom is 0.516 e. The Balaban J connectivity index is 2.43. The molecule has 0 aromatic heterocycles. The third kappa shape index (κ3) is 7.89. The Kier molecular flexibility index (Phi) is 9.08. The normalized spacial score (nSPS) is 12.6. The molecule has 30 heavy (non-hydrogen) atoms. The molecule has 0 radical (unpaired) electrons. The van der Waals surface area contributed by atoms with Crippen molar-refractivity contribution in [1.29, 1.82) is 0 Å². The Morgan fingerprint density at radius 3 is 2.23 bits per heavy atom. The highest BCUT2D eigenvalue weighted by Gasteiger charge is 2.47. The van der Waals surface area contributed by atoms with Crippen LogP contribution in [0.15, 0.2) is 24.3 Å². The summed E-state index contributed by atoms with van der Waals surface area (Å²) in [5, 5.41) is 2.36. The molecule has 0 spiro atoms. The predicted molar refractivity (Wildman–Crippen MR) is 97.5 cm³/mol. The number of benzene rings is 1. The van der Waals surface area contributed by atoms with E-state index in [1.165, 1.54) is 12.1 Å². The molecule has 2 N–H and O–H groups in total. The molecule has 1 aromatic rings. The topological polar surface area (TPSA) is 128 Å². The zero-order valence-corrected chi connectivity index (χ0v) is 16.9. The second-order valence-electron chi connectivity index (χ2n) is 6.06. The summed E-state index contributed by atoms with van der Waals surface area (Å²) in [6, 6.07) is 4.70. The Labute approximate surface area is 171 Å². The number of hydrogen-bond acceptors (Lipinski definition) is 7. The van der Waals surface area contributed by atoms with Gasteiger partial charge in [0, 0.05) is 5.56 Å². The quantitative estimate of drug-likeness (QED) is 0.432. The first-order valence-corrected chi connectivity index (χ1v) is 10.1. The van der Waals surface area contributed by atoms with Crippen LogP contribution in [0.2, 0.25) is 0 Å². The maximum atomic E-state index is 12.3. The molecular weight excluding hydrogens is 433 g/mol. The van der Waals surface area contributed by atoms with E-state index in [9.17, 15) is 36.0 Å². The number of halogens is 3. The lowest BCUT2D eigenvalue weighted by atomic mass is 10.1. The van der Waals surface area contributed by atoms with Crippen molar-refractivity contribution in [3.63, 3.8) is 0 Å². The number of ether oxygens (including phenoxy) is 2. The molecule has 1 aromatic carbocycles. The van der Waals surface area contributed by atoms with Crippen LogP contribution in [0, 0.1) is 5.92 Å². The lowest BCUT2D eigenvalue weighted by molar-refractivity contribution is -0.147. The van der Waals surface area contributed by atoms with Crippen molar-refractivity contribution < 1.29 is 45.4 Å². The summed E-state index contributed by atoms with van der Waals surface area (Å²) >= 11 is 0. The van der Waals surface area contributed by atoms with Crippen LogP contribution < -0.4 is 10.0 Å². The second kappa shape index (κ2) is 10.8. The first-order valence-electron chi connectivity index (χ1n) is 8.67. The third-order valence-corrected chi connectivity index (χ3v) is 4.81. The van der Waals surface area contributed by atoms with Gasteiger partial charge in [0.05, 0.1) is 12.5 Å². The summed E-state index contributed by atoms with van der Waals surface area (Å²) in [7, 11) is -5.81. The summed E-state index contributed by atoms with van der Waals surface area (Å²) in [5.41, 5.74) is -5.56. The minimum absolute atomic E-state index is 0.0249. The van der Waals surface area contributed by atoms with Crippen LogP contribution in [-0.4, -0.2) is 45.0 Å². The van der Waals surface area contributed by atoms with Gasteiger partial charge < -0.3 is 14.8 Å². The summed E-state index contributed by atoms with van der Waals surface area (Å²) in [5.74, 6) is -2.07. The van der Waals surface area contributed by atoms with Crippen LogP contribution in [0.3, 0.4) is 0 Å². The van der Waals surface area contributed by atoms with Gasteiger partial charge in [-0.3, -0.25) is 9.59 Å². The number of carbonyl (C=O) groups is 3. The van der Waals surface area contributed by atoms with E-state index in [2.05, 4.69) is 5.32 Å². The van der Waals surface area contributed by atoms with Gasteiger partial charge in [-0.25, -0.2) is 9.52 Å². The molecule has 168 valence electrons. The Bertz CT molecular complexity index is 855. The van der Waals surface area contributed by atoms with Crippen molar-refractivity contribution >= 4 is 28.0 Å². The highest BCUT2D eigenvalue weighted by Crippen LogP contribution is 2.22. The highest BCUT2D eigenvalue weighted by molar-refractivity contribution is 7.90. The Morgan fingerprint density at radius 2 is 1.70 bits per heavy atom. The molecule has 0 saturated heterocycles. The molecule has 0 saturated carbocycles. The smallest absolute Gasteiger partial charge is 0.464 e. The molecule has 2 amide bonds. The predicted octanol–water partition coefficient (Wildman–Crippen LogP) is 2.08. The molecule has 0 aliphatic rings. The molecule has 0 aliphatic carbocycles. The van der Waals surface area contributed by atoms with Crippen molar-refractivity contribution in [3.05, 3.63) is 35.4 Å². The molecule has 0 fully saturated rings. The molecule has 9 nitrogen and oxygen atoms in total. The van der Waals surface area contributed by atoms with E-state index in [0.717, 1.165) is 16.9 Å². The molecule has 1 rings (SSSR count). The SMILES string of the molecule is CCC(C)C(=O)OCCNC(=O)OCc1ccc(C(=O)NS(=O)(=O)C(F)(F)F)cc1. The average Bonchev–Trinajstić information content (AvgIpc) is 2.67. The van der Waals surface area contributed by atoms with E-state index in [1.807, 2.05) is 6.92 Å². The maximum absolute atomic E-state index is 12.3. The molecule has 0 aliphatic heterocycles. The minimum Gasteiger partial charge on any atom is -0.464 e. The average molecular weight is 454 g/mol. The van der Waals surface area contributed by atoms with Crippen LogP contribution in [0.25, 0.3) is 0 Å². The lowest BCUT2D eigenvalue weighted by Crippen LogP contribution is -2.40. The molecule has 0 bridgehead atoms. The van der Waals surface area contributed by atoms with Gasteiger partial charge in [-0.15, -0.1) is 0 Å². The fourth-order valence-corrected chi connectivity index (χ4v) is 2.28. The van der Waals surface area contributed by atoms with Crippen molar-refractivity contribution in [2.75, 3.05) is 13.2 Å². The first kappa shape index (κ1) is 25.2. The van der Waals surface area contributed by atoms with Gasteiger partial charge >= 0.3 is 27.6 Å². The molecular formula is C17H21F3N2O7S. The van der Waals surface area contributed by atoms with E-state index in [-0.39, 0.29) is 37.2 Å². The summed E-state index contributed by atoms with van der Waals surface area (Å²) in [6.07, 6.45) is -0.167.